The number of hydrogen-bond donors (Lipinski definition) is 1. The molecule has 0 aromatic heterocycles. The van der Waals surface area contributed by atoms with Gasteiger partial charge in [0.25, 0.3) is 0 Å². The monoisotopic (exact) mass is 339 g/mol. The number of nitrogens with zero attached hydrogens (tertiary/aromatic N) is 2. The molecule has 2 aliphatic rings. The summed E-state index contributed by atoms with van der Waals surface area (Å²) in [5.74, 6) is 0.914. The summed E-state index contributed by atoms with van der Waals surface area (Å²) in [6, 6.07) is 0.384. The molecule has 0 aromatic rings. The van der Waals surface area contributed by atoms with E-state index in [1.807, 2.05) is 4.90 Å². The van der Waals surface area contributed by atoms with Crippen LogP contribution in [-0.2, 0) is 14.3 Å². The van der Waals surface area contributed by atoms with E-state index in [1.165, 1.54) is 0 Å². The fourth-order valence-electron chi connectivity index (χ4n) is 3.67. The van der Waals surface area contributed by atoms with Crippen molar-refractivity contribution >= 4 is 11.8 Å². The highest BCUT2D eigenvalue weighted by Crippen LogP contribution is 2.18. The second-order valence-corrected chi connectivity index (χ2v) is 7.46. The lowest BCUT2D eigenvalue weighted by molar-refractivity contribution is -0.134. The van der Waals surface area contributed by atoms with Gasteiger partial charge in [0.05, 0.1) is 13.2 Å². The first-order chi connectivity index (χ1) is 11.5. The van der Waals surface area contributed by atoms with Gasteiger partial charge in [0, 0.05) is 51.6 Å². The van der Waals surface area contributed by atoms with Crippen LogP contribution in [0.25, 0.3) is 0 Å². The van der Waals surface area contributed by atoms with Gasteiger partial charge in [-0.3, -0.25) is 14.5 Å². The molecule has 1 N–H and O–H groups in total. The fourth-order valence-corrected chi connectivity index (χ4v) is 3.67. The predicted molar refractivity (Wildman–Crippen MR) is 93.6 cm³/mol. The van der Waals surface area contributed by atoms with Gasteiger partial charge in [-0.1, -0.05) is 13.8 Å². The first-order valence-electron chi connectivity index (χ1n) is 9.32. The van der Waals surface area contributed by atoms with Gasteiger partial charge in [0.2, 0.25) is 11.8 Å². The minimum absolute atomic E-state index is 0.0463. The molecule has 2 saturated heterocycles. The van der Waals surface area contributed by atoms with Crippen LogP contribution in [0.1, 0.15) is 40.0 Å². The van der Waals surface area contributed by atoms with Gasteiger partial charge in [-0.2, -0.15) is 0 Å². The Morgan fingerprint density at radius 1 is 1.12 bits per heavy atom. The number of carbonyl (C=O) groups excluding carboxylic acids is 2. The summed E-state index contributed by atoms with van der Waals surface area (Å²) in [6.45, 7) is 11.6. The molecule has 6 nitrogen and oxygen atoms in total. The molecule has 2 aliphatic heterocycles. The Labute approximate surface area is 145 Å². The second-order valence-electron chi connectivity index (χ2n) is 7.46. The molecule has 138 valence electrons. The highest BCUT2D eigenvalue weighted by molar-refractivity contribution is 5.79. The van der Waals surface area contributed by atoms with Crippen LogP contribution >= 0.6 is 0 Å². The highest BCUT2D eigenvalue weighted by Gasteiger charge is 2.27. The van der Waals surface area contributed by atoms with E-state index in [9.17, 15) is 9.59 Å². The maximum Gasteiger partial charge on any atom is 0.223 e. The molecule has 0 saturated carbocycles. The SMILES string of the molecule is CC(=O)N1CCC(C(=O)NCC(CC(C)C)N2CCOCC2)CC1. The molecule has 2 rings (SSSR count). The summed E-state index contributed by atoms with van der Waals surface area (Å²) in [7, 11) is 0. The zero-order valence-corrected chi connectivity index (χ0v) is 15.4. The zero-order chi connectivity index (χ0) is 17.5. The van der Waals surface area contributed by atoms with Crippen LogP contribution in [0.4, 0.5) is 0 Å². The summed E-state index contributed by atoms with van der Waals surface area (Å²) in [6.07, 6.45) is 2.64. The third-order valence-electron chi connectivity index (χ3n) is 5.13. The van der Waals surface area contributed by atoms with E-state index in [-0.39, 0.29) is 17.7 Å². The second kappa shape index (κ2) is 9.37. The molecule has 0 aromatic carbocycles. The van der Waals surface area contributed by atoms with Crippen molar-refractivity contribution in [1.29, 1.82) is 0 Å². The van der Waals surface area contributed by atoms with Gasteiger partial charge in [-0.15, -0.1) is 0 Å². The fraction of sp³-hybridized carbons (Fsp3) is 0.889. The van der Waals surface area contributed by atoms with Crippen LogP contribution in [0.3, 0.4) is 0 Å². The van der Waals surface area contributed by atoms with Crippen LogP contribution in [0.2, 0.25) is 0 Å². The van der Waals surface area contributed by atoms with Crippen molar-refractivity contribution in [2.75, 3.05) is 45.9 Å². The summed E-state index contributed by atoms with van der Waals surface area (Å²) in [4.78, 5) is 28.1. The Kier molecular flexibility index (Phi) is 7.49. The van der Waals surface area contributed by atoms with Crippen LogP contribution in [0.15, 0.2) is 0 Å². The third kappa shape index (κ3) is 5.74. The molecule has 24 heavy (non-hydrogen) atoms. The smallest absolute Gasteiger partial charge is 0.223 e. The molecule has 0 radical (unpaired) electrons. The maximum absolute atomic E-state index is 12.5. The topological polar surface area (TPSA) is 61.9 Å². The normalized spacial score (nSPS) is 21.8. The molecule has 1 unspecified atom stereocenters. The minimum Gasteiger partial charge on any atom is -0.379 e. The lowest BCUT2D eigenvalue weighted by Gasteiger charge is -2.36. The maximum atomic E-state index is 12.5. The van der Waals surface area contributed by atoms with Crippen molar-refractivity contribution in [3.8, 4) is 0 Å². The van der Waals surface area contributed by atoms with Crippen molar-refractivity contribution in [2.45, 2.75) is 46.1 Å². The van der Waals surface area contributed by atoms with Crippen molar-refractivity contribution in [3.63, 3.8) is 0 Å². The number of piperidine rings is 1. The number of carbonyl (C=O) groups is 2. The summed E-state index contributed by atoms with van der Waals surface area (Å²) < 4.78 is 5.44. The number of rotatable bonds is 6. The number of ether oxygens (including phenoxy) is 1. The zero-order valence-electron chi connectivity index (χ0n) is 15.4. The number of amides is 2. The van der Waals surface area contributed by atoms with Gasteiger partial charge in [0.1, 0.15) is 0 Å². The van der Waals surface area contributed by atoms with E-state index < -0.39 is 0 Å². The molecular formula is C18H33N3O3. The quantitative estimate of drug-likeness (QED) is 0.787. The Balaban J connectivity index is 1.80. The van der Waals surface area contributed by atoms with Crippen LogP contribution in [0.5, 0.6) is 0 Å². The van der Waals surface area contributed by atoms with Crippen LogP contribution in [-0.4, -0.2) is 73.6 Å². The van der Waals surface area contributed by atoms with E-state index in [0.717, 1.165) is 45.6 Å². The standard InChI is InChI=1S/C18H33N3O3/c1-14(2)12-17(21-8-10-24-11-9-21)13-19-18(23)16-4-6-20(7-5-16)15(3)22/h14,16-17H,4-13H2,1-3H3,(H,19,23). The Morgan fingerprint density at radius 2 is 1.75 bits per heavy atom. The minimum atomic E-state index is 0.0463. The van der Waals surface area contributed by atoms with Gasteiger partial charge in [0.15, 0.2) is 0 Å². The molecule has 0 spiro atoms. The summed E-state index contributed by atoms with van der Waals surface area (Å²) >= 11 is 0. The van der Waals surface area contributed by atoms with Crippen molar-refractivity contribution in [2.24, 2.45) is 11.8 Å². The van der Waals surface area contributed by atoms with E-state index in [1.54, 1.807) is 6.92 Å². The predicted octanol–water partition coefficient (Wildman–Crippen LogP) is 1.11. The van der Waals surface area contributed by atoms with Crippen molar-refractivity contribution < 1.29 is 14.3 Å². The number of morpholine rings is 1. The molecule has 2 fully saturated rings. The Hall–Kier alpha value is -1.14. The van der Waals surface area contributed by atoms with E-state index in [2.05, 4.69) is 24.1 Å². The molecule has 6 heteroatoms. The lowest BCUT2D eigenvalue weighted by atomic mass is 9.95. The summed E-state index contributed by atoms with van der Waals surface area (Å²) in [5.41, 5.74) is 0. The first-order valence-corrected chi connectivity index (χ1v) is 9.32. The van der Waals surface area contributed by atoms with E-state index >= 15 is 0 Å². The first kappa shape index (κ1) is 19.2. The van der Waals surface area contributed by atoms with Crippen molar-refractivity contribution in [1.82, 2.24) is 15.1 Å². The number of hydrogen-bond acceptors (Lipinski definition) is 4. The van der Waals surface area contributed by atoms with Crippen LogP contribution < -0.4 is 5.32 Å². The third-order valence-corrected chi connectivity index (χ3v) is 5.13. The molecule has 0 aliphatic carbocycles. The summed E-state index contributed by atoms with van der Waals surface area (Å²) in [5, 5.41) is 3.17. The molecule has 2 amide bonds. The Morgan fingerprint density at radius 3 is 2.29 bits per heavy atom. The van der Waals surface area contributed by atoms with E-state index in [4.69, 9.17) is 4.74 Å². The number of likely N-dealkylation sites (tertiary alicyclic amines) is 1. The van der Waals surface area contributed by atoms with Gasteiger partial charge >= 0.3 is 0 Å². The molecule has 0 bridgehead atoms. The van der Waals surface area contributed by atoms with Gasteiger partial charge in [-0.05, 0) is 25.2 Å². The Bertz CT molecular complexity index is 414. The average molecular weight is 339 g/mol. The molecule has 1 atom stereocenters. The van der Waals surface area contributed by atoms with E-state index in [0.29, 0.717) is 31.6 Å². The molecular weight excluding hydrogens is 306 g/mol. The average Bonchev–Trinajstić information content (AvgIpc) is 2.59. The van der Waals surface area contributed by atoms with Gasteiger partial charge in [-0.25, -0.2) is 0 Å². The molecule has 2 heterocycles. The lowest BCUT2D eigenvalue weighted by Crippen LogP contribution is -2.50. The highest BCUT2D eigenvalue weighted by atomic mass is 16.5. The largest absolute Gasteiger partial charge is 0.379 e. The number of nitrogens with one attached hydrogen (secondary N) is 1. The van der Waals surface area contributed by atoms with Crippen molar-refractivity contribution in [3.05, 3.63) is 0 Å². The van der Waals surface area contributed by atoms with Gasteiger partial charge < -0.3 is 15.0 Å². The van der Waals surface area contributed by atoms with Crippen LogP contribution in [0, 0.1) is 11.8 Å².